The summed E-state index contributed by atoms with van der Waals surface area (Å²) < 4.78 is 5.89. The second-order valence-corrected chi connectivity index (χ2v) is 35.2. The summed E-state index contributed by atoms with van der Waals surface area (Å²) in [4.78, 5) is 0. The van der Waals surface area contributed by atoms with Crippen LogP contribution in [0.1, 0.15) is 22.3 Å². The van der Waals surface area contributed by atoms with Gasteiger partial charge in [0, 0.05) is 0 Å². The summed E-state index contributed by atoms with van der Waals surface area (Å²) >= 11 is -4.63. The summed E-state index contributed by atoms with van der Waals surface area (Å²) in [6.45, 7) is 0. The van der Waals surface area contributed by atoms with E-state index < -0.39 is 49.1 Å². The standard InChI is InChI=1S/2C34H18N2.2Hg/c2*1-3-21-7-9-25-11-13-27(29-17-15-23(5-1)31(21)33(25)29)19-35-36-20-28-14-12-26-10-8-22-4-2-6-24-16-18-30(28)34(26)32(22)24;;/h2*1-16,19-20H;;/b2*35-19+,36-20+;;. The fourth-order valence-electron chi connectivity index (χ4n) is 13.6. The van der Waals surface area contributed by atoms with E-state index in [4.69, 9.17) is 20.4 Å². The van der Waals surface area contributed by atoms with Crippen LogP contribution >= 0.6 is 0 Å². The number of hydrogen-bond acceptors (Lipinski definition) is 4. The average molecular weight is 1310 g/mol. The Morgan fingerprint density at radius 3 is 0.635 bits per heavy atom. The molecule has 0 atom stereocenters. The van der Waals surface area contributed by atoms with Crippen molar-refractivity contribution in [1.29, 1.82) is 0 Å². The van der Waals surface area contributed by atoms with E-state index in [9.17, 15) is 0 Å². The zero-order valence-corrected chi connectivity index (χ0v) is 51.0. The molecule has 332 valence electrons. The maximum absolute atomic E-state index is 5.01. The predicted molar refractivity (Wildman–Crippen MR) is 309 cm³/mol. The molecule has 0 radical (unpaired) electrons. The van der Waals surface area contributed by atoms with Gasteiger partial charge >= 0.3 is 452 Å². The Bertz CT molecular complexity index is 4550. The predicted octanol–water partition coefficient (Wildman–Crippen LogP) is 14.6. The molecule has 16 aromatic rings. The molecule has 0 aliphatic carbocycles. The van der Waals surface area contributed by atoms with Crippen LogP contribution in [0.5, 0.6) is 0 Å². The molecule has 17 rings (SSSR count). The minimum absolute atomic E-state index is 1.11. The molecule has 0 fully saturated rings. The van der Waals surface area contributed by atoms with Crippen molar-refractivity contribution < 1.29 is 49.1 Å². The molecule has 0 saturated carbocycles. The van der Waals surface area contributed by atoms with Crippen LogP contribution in [-0.4, -0.2) is 24.9 Å². The van der Waals surface area contributed by atoms with Gasteiger partial charge in [0.05, 0.1) is 0 Å². The normalized spacial score (nSPS) is 14.9. The van der Waals surface area contributed by atoms with E-state index >= 15 is 0 Å². The van der Waals surface area contributed by atoms with Gasteiger partial charge in [0.2, 0.25) is 0 Å². The molecule has 0 N–H and O–H groups in total. The topological polar surface area (TPSA) is 49.4 Å². The van der Waals surface area contributed by atoms with Crippen molar-refractivity contribution in [3.63, 3.8) is 0 Å². The van der Waals surface area contributed by atoms with E-state index in [0.29, 0.717) is 0 Å². The minimum atomic E-state index is -2.31. The molecule has 4 nitrogen and oxygen atoms in total. The van der Waals surface area contributed by atoms with E-state index in [1.807, 2.05) is 24.9 Å². The average Bonchev–Trinajstić information content (AvgIpc) is 3.48. The van der Waals surface area contributed by atoms with Crippen LogP contribution in [-0.2, 0) is 49.1 Å². The number of hydrogen-bond donors (Lipinski definition) is 0. The van der Waals surface area contributed by atoms with Crippen molar-refractivity contribution in [1.82, 2.24) is 0 Å². The molecule has 0 amide bonds. The first-order valence-corrected chi connectivity index (χ1v) is 36.6. The molecule has 0 aromatic heterocycles. The monoisotopic (exact) mass is 1310 g/mol. The number of benzene rings is 16. The zero-order valence-electron chi connectivity index (χ0n) is 40.0. The molecule has 1 aliphatic heterocycles. The van der Waals surface area contributed by atoms with Crippen LogP contribution in [0.4, 0.5) is 0 Å². The van der Waals surface area contributed by atoms with Gasteiger partial charge in [0.15, 0.2) is 0 Å². The SMILES string of the molecule is C1=N/N=C/c2ccc3ccc4cccc5c[c](c2c3c45)[Hg][c]2cc3cccc4ccc5ccc(c2c5c43)/C=N/N=C/c2ccc3ccc4cccc5c[c](c2c3c45)[Hg][c]2cc3cccc4ccc5ccc/1c2c5c43. The van der Waals surface area contributed by atoms with E-state index in [-0.39, 0.29) is 0 Å². The molecule has 6 heteroatoms. The van der Waals surface area contributed by atoms with E-state index in [2.05, 4.69) is 194 Å². The van der Waals surface area contributed by atoms with Gasteiger partial charge in [-0.2, -0.15) is 0 Å². The second kappa shape index (κ2) is 15.9. The third kappa shape index (κ3) is 6.04. The molecule has 0 spiro atoms. The van der Waals surface area contributed by atoms with Crippen molar-refractivity contribution >= 4 is 166 Å². The third-order valence-electron chi connectivity index (χ3n) is 16.7. The second-order valence-electron chi connectivity index (χ2n) is 20.6. The van der Waals surface area contributed by atoms with Gasteiger partial charge < -0.3 is 0 Å². The number of rotatable bonds is 0. The first-order valence-electron chi connectivity index (χ1n) is 25.6. The number of nitrogens with zero attached hydrogens (tertiary/aromatic N) is 4. The van der Waals surface area contributed by atoms with Gasteiger partial charge in [-0.3, -0.25) is 0 Å². The molecular weight excluding hydrogens is 1270 g/mol. The van der Waals surface area contributed by atoms with Crippen LogP contribution in [0.25, 0.3) is 129 Å². The molecule has 1 aliphatic rings. The van der Waals surface area contributed by atoms with E-state index in [1.54, 1.807) is 0 Å². The molecule has 0 bridgehead atoms. The van der Waals surface area contributed by atoms with Gasteiger partial charge in [-0.25, -0.2) is 0 Å². The van der Waals surface area contributed by atoms with Gasteiger partial charge in [-0.1, -0.05) is 0 Å². The van der Waals surface area contributed by atoms with Gasteiger partial charge in [0.1, 0.15) is 0 Å². The van der Waals surface area contributed by atoms with Gasteiger partial charge in [0.25, 0.3) is 0 Å². The van der Waals surface area contributed by atoms with E-state index in [0.717, 1.165) is 22.3 Å². The summed E-state index contributed by atoms with van der Waals surface area (Å²) in [5.41, 5.74) is 4.43. The van der Waals surface area contributed by atoms with Gasteiger partial charge in [-0.05, 0) is 0 Å². The Balaban J connectivity index is 0.970. The molecule has 74 heavy (non-hydrogen) atoms. The Labute approximate surface area is 448 Å². The summed E-state index contributed by atoms with van der Waals surface area (Å²) in [6.07, 6.45) is 8.10. The summed E-state index contributed by atoms with van der Waals surface area (Å²) in [5, 5.41) is 51.1. The summed E-state index contributed by atoms with van der Waals surface area (Å²) in [7, 11) is 0. The molecule has 16 aromatic carbocycles. The fraction of sp³-hybridized carbons (Fsp3) is 0. The summed E-state index contributed by atoms with van der Waals surface area (Å²) in [5.74, 6) is 0. The van der Waals surface area contributed by atoms with Crippen molar-refractivity contribution in [2.45, 2.75) is 0 Å². The van der Waals surface area contributed by atoms with Crippen LogP contribution in [0.15, 0.2) is 215 Å². The van der Waals surface area contributed by atoms with Crippen molar-refractivity contribution in [3.8, 4) is 0 Å². The van der Waals surface area contributed by atoms with Crippen molar-refractivity contribution in [2.24, 2.45) is 20.4 Å². The van der Waals surface area contributed by atoms with Crippen molar-refractivity contribution in [2.75, 3.05) is 0 Å². The molecule has 0 saturated heterocycles. The Morgan fingerprint density at radius 1 is 0.189 bits per heavy atom. The first-order chi connectivity index (χ1) is 36.7. The molecule has 1 heterocycles. The Kier molecular flexibility index (Phi) is 8.94. The van der Waals surface area contributed by atoms with Gasteiger partial charge in [-0.15, -0.1) is 0 Å². The quantitative estimate of drug-likeness (QED) is 0.107. The van der Waals surface area contributed by atoms with Crippen LogP contribution in [0.2, 0.25) is 0 Å². The van der Waals surface area contributed by atoms with Crippen molar-refractivity contribution in [3.05, 3.63) is 216 Å². The third-order valence-corrected chi connectivity index (χ3v) is 31.2. The van der Waals surface area contributed by atoms with E-state index in [1.165, 1.54) is 142 Å². The zero-order chi connectivity index (χ0) is 48.2. The Morgan fingerprint density at radius 2 is 0.392 bits per heavy atom. The van der Waals surface area contributed by atoms with Crippen LogP contribution in [0, 0.1) is 0 Å². The summed E-state index contributed by atoms with van der Waals surface area (Å²) in [6, 6.07) is 73.7. The maximum atomic E-state index is 5.01. The van der Waals surface area contributed by atoms with Crippen LogP contribution < -0.4 is 12.3 Å². The first kappa shape index (κ1) is 41.7. The molecular formula is C68H36Hg2N4. The van der Waals surface area contributed by atoms with Crippen LogP contribution in [0.3, 0.4) is 0 Å². The molecule has 0 unspecified atom stereocenters. The fourth-order valence-corrected chi connectivity index (χ4v) is 30.5. The Hall–Kier alpha value is -7.77.